The van der Waals surface area contributed by atoms with Crippen molar-refractivity contribution in [3.63, 3.8) is 0 Å². The number of anilines is 1. The van der Waals surface area contributed by atoms with E-state index in [1.165, 1.54) is 0 Å². The van der Waals surface area contributed by atoms with Gasteiger partial charge in [0.05, 0.1) is 6.54 Å². The Morgan fingerprint density at radius 3 is 2.70 bits per heavy atom. The zero-order valence-corrected chi connectivity index (χ0v) is 16.1. The van der Waals surface area contributed by atoms with Crippen LogP contribution in [-0.2, 0) is 6.54 Å². The highest BCUT2D eigenvalue weighted by molar-refractivity contribution is 7.80. The standard InChI is InChI=1S/C21H23N3O2S/c1-15-8-9-19-16(12-15)13-17(20(26)23-19)14-24(10-5-11-25)21(27)22-18-6-3-2-4-7-18/h2-4,6-9,12-13,25H,5,10-11,14H2,1H3,(H,22,27)(H,23,26). The smallest absolute Gasteiger partial charge is 0.253 e. The van der Waals surface area contributed by atoms with Gasteiger partial charge in [-0.15, -0.1) is 0 Å². The summed E-state index contributed by atoms with van der Waals surface area (Å²) >= 11 is 5.55. The molecule has 0 spiro atoms. The molecule has 3 rings (SSSR count). The number of pyridine rings is 1. The second-order valence-electron chi connectivity index (χ2n) is 6.51. The predicted octanol–water partition coefficient (Wildman–Crippen LogP) is 3.42. The van der Waals surface area contributed by atoms with Crippen LogP contribution in [-0.4, -0.2) is 33.3 Å². The van der Waals surface area contributed by atoms with Crippen molar-refractivity contribution in [3.8, 4) is 0 Å². The maximum absolute atomic E-state index is 12.5. The number of nitrogens with one attached hydrogen (secondary N) is 2. The Balaban J connectivity index is 1.85. The molecule has 0 saturated heterocycles. The average molecular weight is 382 g/mol. The number of aromatic nitrogens is 1. The molecule has 0 amide bonds. The molecule has 0 aliphatic carbocycles. The Bertz CT molecular complexity index is 986. The molecule has 27 heavy (non-hydrogen) atoms. The molecule has 0 atom stereocenters. The van der Waals surface area contributed by atoms with Crippen LogP contribution < -0.4 is 10.9 Å². The first-order chi connectivity index (χ1) is 13.1. The fourth-order valence-electron chi connectivity index (χ4n) is 2.93. The van der Waals surface area contributed by atoms with Gasteiger partial charge in [-0.3, -0.25) is 4.79 Å². The lowest BCUT2D eigenvalue weighted by Crippen LogP contribution is -2.37. The highest BCUT2D eigenvalue weighted by Crippen LogP contribution is 2.15. The highest BCUT2D eigenvalue weighted by Gasteiger charge is 2.13. The normalized spacial score (nSPS) is 10.7. The minimum atomic E-state index is -0.122. The van der Waals surface area contributed by atoms with Crippen molar-refractivity contribution in [2.24, 2.45) is 0 Å². The van der Waals surface area contributed by atoms with Crippen molar-refractivity contribution >= 4 is 33.9 Å². The largest absolute Gasteiger partial charge is 0.396 e. The summed E-state index contributed by atoms with van der Waals surface area (Å²) < 4.78 is 0. The molecular weight excluding hydrogens is 358 g/mol. The SMILES string of the molecule is Cc1ccc2[nH]c(=O)c(CN(CCCO)C(=S)Nc3ccccc3)cc2c1. The molecule has 5 nitrogen and oxygen atoms in total. The Hall–Kier alpha value is -2.70. The van der Waals surface area contributed by atoms with Crippen molar-refractivity contribution in [2.45, 2.75) is 19.9 Å². The van der Waals surface area contributed by atoms with Gasteiger partial charge in [0.15, 0.2) is 5.11 Å². The first-order valence-electron chi connectivity index (χ1n) is 8.91. The van der Waals surface area contributed by atoms with Crippen LogP contribution in [0.4, 0.5) is 5.69 Å². The van der Waals surface area contributed by atoms with Crippen LogP contribution in [0.2, 0.25) is 0 Å². The second-order valence-corrected chi connectivity index (χ2v) is 6.90. The Morgan fingerprint density at radius 1 is 1.19 bits per heavy atom. The molecule has 0 unspecified atom stereocenters. The van der Waals surface area contributed by atoms with Gasteiger partial charge in [0.25, 0.3) is 5.56 Å². The molecule has 0 radical (unpaired) electrons. The fraction of sp³-hybridized carbons (Fsp3) is 0.238. The summed E-state index contributed by atoms with van der Waals surface area (Å²) in [6.07, 6.45) is 0.571. The quantitative estimate of drug-likeness (QED) is 0.571. The molecule has 6 heteroatoms. The van der Waals surface area contributed by atoms with Crippen molar-refractivity contribution in [2.75, 3.05) is 18.5 Å². The van der Waals surface area contributed by atoms with Crippen LogP contribution in [0.25, 0.3) is 10.9 Å². The highest BCUT2D eigenvalue weighted by atomic mass is 32.1. The summed E-state index contributed by atoms with van der Waals surface area (Å²) in [6, 6.07) is 17.5. The predicted molar refractivity (Wildman–Crippen MR) is 114 cm³/mol. The van der Waals surface area contributed by atoms with E-state index >= 15 is 0 Å². The van der Waals surface area contributed by atoms with Gasteiger partial charge in [-0.1, -0.05) is 29.8 Å². The number of aromatic amines is 1. The zero-order valence-electron chi connectivity index (χ0n) is 15.2. The van der Waals surface area contributed by atoms with E-state index in [9.17, 15) is 9.90 Å². The van der Waals surface area contributed by atoms with Crippen LogP contribution >= 0.6 is 12.2 Å². The van der Waals surface area contributed by atoms with Gasteiger partial charge in [0, 0.05) is 29.9 Å². The fourth-order valence-corrected chi connectivity index (χ4v) is 3.21. The number of rotatable bonds is 6. The van der Waals surface area contributed by atoms with Gasteiger partial charge in [0.1, 0.15) is 0 Å². The zero-order chi connectivity index (χ0) is 19.2. The van der Waals surface area contributed by atoms with Gasteiger partial charge in [0.2, 0.25) is 0 Å². The molecule has 0 aliphatic heterocycles. The summed E-state index contributed by atoms with van der Waals surface area (Å²) in [5, 5.41) is 13.9. The first kappa shape index (κ1) is 19.1. The van der Waals surface area contributed by atoms with E-state index in [0.717, 1.165) is 22.2 Å². The second kappa shape index (κ2) is 8.79. The average Bonchev–Trinajstić information content (AvgIpc) is 2.66. The topological polar surface area (TPSA) is 68.4 Å². The lowest BCUT2D eigenvalue weighted by Gasteiger charge is -2.25. The third-order valence-electron chi connectivity index (χ3n) is 4.34. The van der Waals surface area contributed by atoms with Crippen molar-refractivity contribution in [1.29, 1.82) is 0 Å². The van der Waals surface area contributed by atoms with Crippen LogP contribution in [0.1, 0.15) is 17.5 Å². The number of aliphatic hydroxyl groups is 1. The number of fused-ring (bicyclic) bond motifs is 1. The molecule has 0 aliphatic rings. The van der Waals surface area contributed by atoms with E-state index in [2.05, 4.69) is 10.3 Å². The van der Waals surface area contributed by atoms with Gasteiger partial charge in [-0.05, 0) is 61.3 Å². The number of aryl methyl sites for hydroxylation is 1. The molecule has 0 bridgehead atoms. The van der Waals surface area contributed by atoms with Crippen LogP contribution in [0.15, 0.2) is 59.4 Å². The maximum atomic E-state index is 12.5. The minimum Gasteiger partial charge on any atom is -0.396 e. The molecule has 1 heterocycles. The number of H-pyrrole nitrogens is 1. The summed E-state index contributed by atoms with van der Waals surface area (Å²) in [5.74, 6) is 0. The number of para-hydroxylation sites is 1. The summed E-state index contributed by atoms with van der Waals surface area (Å²) in [6.45, 7) is 3.02. The maximum Gasteiger partial charge on any atom is 0.253 e. The van der Waals surface area contributed by atoms with Crippen LogP contribution in [0.5, 0.6) is 0 Å². The van der Waals surface area contributed by atoms with Gasteiger partial charge >= 0.3 is 0 Å². The lowest BCUT2D eigenvalue weighted by atomic mass is 10.1. The number of benzene rings is 2. The summed E-state index contributed by atoms with van der Waals surface area (Å²) in [4.78, 5) is 17.4. The first-order valence-corrected chi connectivity index (χ1v) is 9.32. The molecule has 2 aromatic carbocycles. The van der Waals surface area contributed by atoms with Crippen molar-refractivity contribution in [3.05, 3.63) is 76.1 Å². The molecule has 140 valence electrons. The van der Waals surface area contributed by atoms with Gasteiger partial charge in [-0.2, -0.15) is 0 Å². The lowest BCUT2D eigenvalue weighted by molar-refractivity contribution is 0.266. The minimum absolute atomic E-state index is 0.0672. The number of aliphatic hydroxyl groups excluding tert-OH is 1. The Morgan fingerprint density at radius 2 is 1.96 bits per heavy atom. The van der Waals surface area contributed by atoms with Gasteiger partial charge in [-0.25, -0.2) is 0 Å². The van der Waals surface area contributed by atoms with Gasteiger partial charge < -0.3 is 20.3 Å². The monoisotopic (exact) mass is 381 g/mol. The molecular formula is C21H23N3O2S. The molecule has 3 N–H and O–H groups in total. The Kier molecular flexibility index (Phi) is 6.21. The van der Waals surface area contributed by atoms with Crippen LogP contribution in [0.3, 0.4) is 0 Å². The van der Waals surface area contributed by atoms with E-state index in [1.54, 1.807) is 0 Å². The molecule has 0 saturated carbocycles. The number of hydrogen-bond donors (Lipinski definition) is 3. The van der Waals surface area contributed by atoms with Crippen molar-refractivity contribution < 1.29 is 5.11 Å². The van der Waals surface area contributed by atoms with E-state index < -0.39 is 0 Å². The number of nitrogens with zero attached hydrogens (tertiary/aromatic N) is 1. The van der Waals surface area contributed by atoms with Crippen LogP contribution in [0, 0.1) is 6.92 Å². The summed E-state index contributed by atoms with van der Waals surface area (Å²) in [7, 11) is 0. The third kappa shape index (κ3) is 4.93. The Labute approximate surface area is 163 Å². The molecule has 0 fully saturated rings. The van der Waals surface area contributed by atoms with E-state index in [-0.39, 0.29) is 12.2 Å². The van der Waals surface area contributed by atoms with E-state index in [0.29, 0.717) is 30.2 Å². The third-order valence-corrected chi connectivity index (χ3v) is 4.70. The van der Waals surface area contributed by atoms with Crippen molar-refractivity contribution in [1.82, 2.24) is 9.88 Å². The summed E-state index contributed by atoms with van der Waals surface area (Å²) in [5.41, 5.74) is 3.37. The van der Waals surface area contributed by atoms with E-state index in [4.69, 9.17) is 12.2 Å². The molecule has 1 aromatic heterocycles. The van der Waals surface area contributed by atoms with E-state index in [1.807, 2.05) is 66.4 Å². The number of thiocarbonyl (C=S) groups is 1. The number of hydrogen-bond acceptors (Lipinski definition) is 3. The molecule has 3 aromatic rings.